The SMILES string of the molecule is Cc1nc2cc3ccccc3cc2n1CCCC(=O)P. The molecule has 3 rings (SSSR count). The lowest BCUT2D eigenvalue weighted by molar-refractivity contribution is -0.111. The van der Waals surface area contributed by atoms with Crippen LogP contribution < -0.4 is 0 Å². The normalized spacial score (nSPS) is 11.3. The quantitative estimate of drug-likeness (QED) is 0.685. The van der Waals surface area contributed by atoms with Gasteiger partial charge in [0.05, 0.1) is 11.0 Å². The van der Waals surface area contributed by atoms with Crippen LogP contribution in [0.15, 0.2) is 36.4 Å². The first-order valence-electron chi connectivity index (χ1n) is 6.79. The first-order chi connectivity index (χ1) is 9.65. The summed E-state index contributed by atoms with van der Waals surface area (Å²) >= 11 is 0. The van der Waals surface area contributed by atoms with Crippen molar-refractivity contribution in [3.63, 3.8) is 0 Å². The van der Waals surface area contributed by atoms with Gasteiger partial charge in [0, 0.05) is 13.0 Å². The highest BCUT2D eigenvalue weighted by Crippen LogP contribution is 2.24. The van der Waals surface area contributed by atoms with Gasteiger partial charge in [-0.05, 0) is 36.2 Å². The van der Waals surface area contributed by atoms with Crippen LogP contribution in [0, 0.1) is 6.92 Å². The maximum absolute atomic E-state index is 11.0. The van der Waals surface area contributed by atoms with Gasteiger partial charge in [-0.25, -0.2) is 4.98 Å². The van der Waals surface area contributed by atoms with Crippen LogP contribution in [0.3, 0.4) is 0 Å². The van der Waals surface area contributed by atoms with E-state index in [1.807, 2.05) is 13.0 Å². The van der Waals surface area contributed by atoms with Crippen molar-refractivity contribution < 1.29 is 4.79 Å². The predicted octanol–water partition coefficient (Wildman–Crippen LogP) is 3.68. The van der Waals surface area contributed by atoms with Gasteiger partial charge in [-0.1, -0.05) is 33.5 Å². The van der Waals surface area contributed by atoms with Crippen LogP contribution in [-0.4, -0.2) is 15.1 Å². The van der Waals surface area contributed by atoms with Crippen molar-refractivity contribution in [3.05, 3.63) is 42.2 Å². The summed E-state index contributed by atoms with van der Waals surface area (Å²) in [5, 5.41) is 2.44. The molecule has 2 aromatic carbocycles. The van der Waals surface area contributed by atoms with Gasteiger partial charge in [-0.15, -0.1) is 0 Å². The van der Waals surface area contributed by atoms with Crippen molar-refractivity contribution in [2.24, 2.45) is 0 Å². The van der Waals surface area contributed by atoms with Crippen LogP contribution in [0.25, 0.3) is 21.8 Å². The summed E-state index contributed by atoms with van der Waals surface area (Å²) in [7, 11) is 2.24. The highest BCUT2D eigenvalue weighted by Gasteiger charge is 2.08. The molecule has 0 bridgehead atoms. The molecular weight excluding hydrogens is 267 g/mol. The largest absolute Gasteiger partial charge is 0.328 e. The zero-order chi connectivity index (χ0) is 14.1. The summed E-state index contributed by atoms with van der Waals surface area (Å²) in [6.07, 6.45) is 1.44. The Balaban J connectivity index is 2.04. The second-order valence-electron chi connectivity index (χ2n) is 5.07. The van der Waals surface area contributed by atoms with E-state index in [9.17, 15) is 4.79 Å². The Morgan fingerprint density at radius 1 is 1.25 bits per heavy atom. The molecule has 102 valence electrons. The molecule has 0 saturated heterocycles. The molecule has 20 heavy (non-hydrogen) atoms. The van der Waals surface area contributed by atoms with Crippen LogP contribution in [0.1, 0.15) is 18.7 Å². The van der Waals surface area contributed by atoms with E-state index in [1.165, 1.54) is 10.8 Å². The maximum Gasteiger partial charge on any atom is 0.148 e. The van der Waals surface area contributed by atoms with Gasteiger partial charge >= 0.3 is 0 Å². The molecular formula is C16H17N2OP. The highest BCUT2D eigenvalue weighted by molar-refractivity contribution is 7.40. The average Bonchev–Trinajstić information content (AvgIpc) is 2.71. The number of rotatable bonds is 4. The number of benzene rings is 2. The summed E-state index contributed by atoms with van der Waals surface area (Å²) < 4.78 is 2.20. The number of aryl methyl sites for hydroxylation is 2. The summed E-state index contributed by atoms with van der Waals surface area (Å²) in [6.45, 7) is 2.86. The fourth-order valence-electron chi connectivity index (χ4n) is 2.62. The molecule has 1 unspecified atom stereocenters. The second-order valence-corrected chi connectivity index (χ2v) is 5.71. The minimum atomic E-state index is 0.164. The van der Waals surface area contributed by atoms with E-state index in [2.05, 4.69) is 49.1 Å². The van der Waals surface area contributed by atoms with Gasteiger partial charge in [-0.2, -0.15) is 0 Å². The van der Waals surface area contributed by atoms with E-state index >= 15 is 0 Å². The number of imidazole rings is 1. The van der Waals surface area contributed by atoms with E-state index < -0.39 is 0 Å². The van der Waals surface area contributed by atoms with E-state index in [-0.39, 0.29) is 5.52 Å². The van der Waals surface area contributed by atoms with Crippen molar-refractivity contribution in [1.29, 1.82) is 0 Å². The number of carbonyl (C=O) groups excluding carboxylic acids is 1. The molecule has 0 fully saturated rings. The summed E-state index contributed by atoms with van der Waals surface area (Å²) in [5.74, 6) is 1.01. The molecule has 1 heterocycles. The number of nitrogens with zero attached hydrogens (tertiary/aromatic N) is 2. The van der Waals surface area contributed by atoms with Crippen LogP contribution >= 0.6 is 9.24 Å². The Kier molecular flexibility index (Phi) is 3.54. The Labute approximate surface area is 120 Å². The van der Waals surface area contributed by atoms with E-state index in [0.29, 0.717) is 6.42 Å². The Morgan fingerprint density at radius 3 is 2.65 bits per heavy atom. The fraction of sp³-hybridized carbons (Fsp3) is 0.250. The number of hydrogen-bond acceptors (Lipinski definition) is 2. The molecule has 0 spiro atoms. The van der Waals surface area contributed by atoms with Gasteiger partial charge in [0.2, 0.25) is 0 Å². The molecule has 3 aromatic rings. The van der Waals surface area contributed by atoms with Crippen molar-refractivity contribution in [3.8, 4) is 0 Å². The Morgan fingerprint density at radius 2 is 1.95 bits per heavy atom. The van der Waals surface area contributed by atoms with Crippen molar-refractivity contribution in [2.75, 3.05) is 0 Å². The monoisotopic (exact) mass is 284 g/mol. The second kappa shape index (κ2) is 5.34. The molecule has 0 saturated carbocycles. The number of fused-ring (bicyclic) bond motifs is 2. The van der Waals surface area contributed by atoms with Crippen LogP contribution in [0.5, 0.6) is 0 Å². The zero-order valence-corrected chi connectivity index (χ0v) is 12.6. The van der Waals surface area contributed by atoms with Gasteiger partial charge in [-0.3, -0.25) is 4.79 Å². The van der Waals surface area contributed by atoms with Crippen molar-refractivity contribution in [2.45, 2.75) is 26.3 Å². The minimum Gasteiger partial charge on any atom is -0.328 e. The minimum absolute atomic E-state index is 0.164. The number of hydrogen-bond donors (Lipinski definition) is 0. The van der Waals surface area contributed by atoms with Crippen LogP contribution in [0.4, 0.5) is 0 Å². The highest BCUT2D eigenvalue weighted by atomic mass is 31.0. The van der Waals surface area contributed by atoms with Crippen LogP contribution in [-0.2, 0) is 11.3 Å². The lowest BCUT2D eigenvalue weighted by Gasteiger charge is -2.06. The van der Waals surface area contributed by atoms with E-state index in [0.717, 1.165) is 29.8 Å². The third-order valence-corrected chi connectivity index (χ3v) is 3.90. The molecule has 0 amide bonds. The van der Waals surface area contributed by atoms with Crippen LogP contribution in [0.2, 0.25) is 0 Å². The average molecular weight is 284 g/mol. The maximum atomic E-state index is 11.0. The Hall–Kier alpha value is -1.73. The standard InChI is InChI=1S/C16H17N2OP/c1-11-17-14-9-12-5-2-3-6-13(12)10-15(14)18(11)8-4-7-16(19)20/h2-3,5-6,9-10H,4,7-8,20H2,1H3. The van der Waals surface area contributed by atoms with E-state index in [1.54, 1.807) is 0 Å². The fourth-order valence-corrected chi connectivity index (χ4v) is 2.83. The molecule has 1 atom stereocenters. The predicted molar refractivity (Wildman–Crippen MR) is 85.9 cm³/mol. The lowest BCUT2D eigenvalue weighted by Crippen LogP contribution is -2.01. The smallest absolute Gasteiger partial charge is 0.148 e. The third-order valence-electron chi connectivity index (χ3n) is 3.61. The molecule has 0 N–H and O–H groups in total. The lowest BCUT2D eigenvalue weighted by atomic mass is 10.1. The number of carbonyl (C=O) groups is 1. The van der Waals surface area contributed by atoms with Gasteiger partial charge in [0.15, 0.2) is 0 Å². The van der Waals surface area contributed by atoms with E-state index in [4.69, 9.17) is 0 Å². The first-order valence-corrected chi connectivity index (χ1v) is 7.37. The number of aromatic nitrogens is 2. The molecule has 0 aliphatic rings. The summed E-state index contributed by atoms with van der Waals surface area (Å²) in [5.41, 5.74) is 2.34. The topological polar surface area (TPSA) is 34.9 Å². The van der Waals surface area contributed by atoms with Gasteiger partial charge in [0.25, 0.3) is 0 Å². The molecule has 1 aromatic heterocycles. The van der Waals surface area contributed by atoms with Crippen molar-refractivity contribution in [1.82, 2.24) is 9.55 Å². The molecule has 0 radical (unpaired) electrons. The molecule has 0 aliphatic carbocycles. The molecule has 4 heteroatoms. The van der Waals surface area contributed by atoms with Gasteiger partial charge < -0.3 is 4.57 Å². The summed E-state index contributed by atoms with van der Waals surface area (Å²) in [6, 6.07) is 12.6. The summed E-state index contributed by atoms with van der Waals surface area (Å²) in [4.78, 5) is 15.7. The third kappa shape index (κ3) is 2.46. The van der Waals surface area contributed by atoms with Gasteiger partial charge in [0.1, 0.15) is 11.3 Å². The van der Waals surface area contributed by atoms with Crippen molar-refractivity contribution >= 4 is 36.6 Å². The zero-order valence-electron chi connectivity index (χ0n) is 11.5. The molecule has 0 aliphatic heterocycles. The Bertz CT molecular complexity index is 792. The first kappa shape index (κ1) is 13.3. The molecule has 3 nitrogen and oxygen atoms in total.